The maximum atomic E-state index is 13.1. The van der Waals surface area contributed by atoms with E-state index in [0.29, 0.717) is 47.3 Å². The lowest BCUT2D eigenvalue weighted by molar-refractivity contribution is -0.157. The molecular weight excluding hydrogens is 464 g/mol. The minimum absolute atomic E-state index is 0.00549. The molecule has 1 aliphatic heterocycles. The number of rotatable bonds is 7. The summed E-state index contributed by atoms with van der Waals surface area (Å²) in [6.07, 6.45) is 0.855. The van der Waals surface area contributed by atoms with E-state index in [9.17, 15) is 4.79 Å². The van der Waals surface area contributed by atoms with Crippen LogP contribution in [0.3, 0.4) is 0 Å². The van der Waals surface area contributed by atoms with Gasteiger partial charge in [0.2, 0.25) is 18.3 Å². The van der Waals surface area contributed by atoms with Gasteiger partial charge in [-0.1, -0.05) is 27.7 Å². The Morgan fingerprint density at radius 2 is 1.67 bits per heavy atom. The van der Waals surface area contributed by atoms with Crippen LogP contribution in [0.4, 0.5) is 0 Å². The fourth-order valence-electron chi connectivity index (χ4n) is 5.04. The predicted molar refractivity (Wildman–Crippen MR) is 135 cm³/mol. The van der Waals surface area contributed by atoms with Crippen LogP contribution in [0.25, 0.3) is 11.1 Å². The summed E-state index contributed by atoms with van der Waals surface area (Å²) in [4.78, 5) is 13.1. The second-order valence-electron chi connectivity index (χ2n) is 9.49. The fraction of sp³-hybridized carbons (Fsp3) is 0.536. The quantitative estimate of drug-likeness (QED) is 0.456. The molecule has 0 fully saturated rings. The van der Waals surface area contributed by atoms with Crippen LogP contribution in [-0.4, -0.2) is 41.2 Å². The van der Waals surface area contributed by atoms with Crippen LogP contribution in [0.1, 0.15) is 51.3 Å². The van der Waals surface area contributed by atoms with E-state index in [1.54, 1.807) is 28.4 Å². The molecular formula is C28H36O8. The van der Waals surface area contributed by atoms with E-state index >= 15 is 0 Å². The Kier molecular flexibility index (Phi) is 7.43. The number of methoxy groups -OCH3 is 4. The van der Waals surface area contributed by atoms with E-state index in [4.69, 9.17) is 33.2 Å². The summed E-state index contributed by atoms with van der Waals surface area (Å²) in [5.41, 5.74) is 3.31. The smallest absolute Gasteiger partial charge is 0.309 e. The molecule has 0 radical (unpaired) electrons. The zero-order chi connectivity index (χ0) is 26.1. The lowest BCUT2D eigenvalue weighted by atomic mass is 9.75. The number of carbonyl (C=O) groups excluding carboxylic acids is 1. The van der Waals surface area contributed by atoms with Gasteiger partial charge in [-0.05, 0) is 36.5 Å². The molecule has 4 atom stereocenters. The average Bonchev–Trinajstić information content (AvgIpc) is 3.36. The first-order valence-corrected chi connectivity index (χ1v) is 12.3. The summed E-state index contributed by atoms with van der Waals surface area (Å²) in [7, 11) is 6.38. The SMILES string of the molecule is CC[C@H](C)C(=O)O[C@@H]1c2cc3c(c(OC)c2-c2c(cc(OC)c(OC)c2OC)C[C@@H](C)[C@H]1C)OCO3. The third-order valence-electron chi connectivity index (χ3n) is 7.50. The molecule has 2 aliphatic rings. The Morgan fingerprint density at radius 1 is 0.972 bits per heavy atom. The first-order chi connectivity index (χ1) is 17.3. The van der Waals surface area contributed by atoms with Gasteiger partial charge in [-0.3, -0.25) is 4.79 Å². The first-order valence-electron chi connectivity index (χ1n) is 12.3. The number of fused-ring (bicyclic) bond motifs is 4. The predicted octanol–water partition coefficient (Wildman–Crippen LogP) is 5.58. The van der Waals surface area contributed by atoms with Gasteiger partial charge in [0.15, 0.2) is 23.0 Å². The van der Waals surface area contributed by atoms with Gasteiger partial charge in [0.05, 0.1) is 34.4 Å². The summed E-state index contributed by atoms with van der Waals surface area (Å²) in [5, 5.41) is 0. The molecule has 1 heterocycles. The highest BCUT2D eigenvalue weighted by Crippen LogP contribution is 2.58. The van der Waals surface area contributed by atoms with Crippen molar-refractivity contribution in [2.45, 2.75) is 46.6 Å². The summed E-state index contributed by atoms with van der Waals surface area (Å²) < 4.78 is 41.1. The highest BCUT2D eigenvalue weighted by molar-refractivity contribution is 5.89. The van der Waals surface area contributed by atoms with Gasteiger partial charge >= 0.3 is 5.97 Å². The van der Waals surface area contributed by atoms with Crippen molar-refractivity contribution < 1.29 is 38.0 Å². The largest absolute Gasteiger partial charge is 0.493 e. The van der Waals surface area contributed by atoms with Gasteiger partial charge in [0.25, 0.3) is 0 Å². The second-order valence-corrected chi connectivity index (χ2v) is 9.49. The molecule has 4 rings (SSSR count). The molecule has 36 heavy (non-hydrogen) atoms. The standard InChI is InChI=1S/C28H36O8/c1-9-14(2)28(29)36-23-16(4)15(3)10-17-11-19(30-5)24(31-6)26(32-7)21(17)22-18(23)12-20-25(27(22)33-8)35-13-34-20/h11-12,14-16,23H,9-10,13H2,1-8H3/t14-,15+,16+,23-/m0/s1. The number of benzene rings is 2. The van der Waals surface area contributed by atoms with Gasteiger partial charge in [-0.25, -0.2) is 0 Å². The van der Waals surface area contributed by atoms with Crippen molar-refractivity contribution in [2.24, 2.45) is 17.8 Å². The number of hydrogen-bond donors (Lipinski definition) is 0. The number of ether oxygens (including phenoxy) is 7. The monoisotopic (exact) mass is 500 g/mol. The lowest BCUT2D eigenvalue weighted by Gasteiger charge is -2.35. The molecule has 2 aromatic carbocycles. The fourth-order valence-corrected chi connectivity index (χ4v) is 5.04. The van der Waals surface area contributed by atoms with Crippen LogP contribution >= 0.6 is 0 Å². The summed E-state index contributed by atoms with van der Waals surface area (Å²) in [6.45, 7) is 8.22. The normalized spacial score (nSPS) is 20.8. The molecule has 0 aromatic heterocycles. The molecule has 8 heteroatoms. The molecule has 0 saturated heterocycles. The first kappa shape index (κ1) is 25.8. The maximum Gasteiger partial charge on any atom is 0.309 e. The van der Waals surface area contributed by atoms with Crippen LogP contribution in [0.15, 0.2) is 12.1 Å². The molecule has 0 amide bonds. The third kappa shape index (κ3) is 4.16. The van der Waals surface area contributed by atoms with Crippen molar-refractivity contribution in [1.82, 2.24) is 0 Å². The van der Waals surface area contributed by atoms with Crippen molar-refractivity contribution in [2.75, 3.05) is 35.2 Å². The molecule has 1 aliphatic carbocycles. The van der Waals surface area contributed by atoms with Gasteiger partial charge in [0, 0.05) is 22.6 Å². The van der Waals surface area contributed by atoms with Crippen molar-refractivity contribution in [3.05, 3.63) is 23.3 Å². The van der Waals surface area contributed by atoms with E-state index in [1.165, 1.54) is 0 Å². The minimum Gasteiger partial charge on any atom is -0.493 e. The number of carbonyl (C=O) groups is 1. The van der Waals surface area contributed by atoms with Crippen LogP contribution in [0.5, 0.6) is 34.5 Å². The van der Waals surface area contributed by atoms with Crippen molar-refractivity contribution in [3.8, 4) is 45.6 Å². The second kappa shape index (κ2) is 10.4. The zero-order valence-electron chi connectivity index (χ0n) is 22.4. The molecule has 0 spiro atoms. The lowest BCUT2D eigenvalue weighted by Crippen LogP contribution is -2.28. The van der Waals surface area contributed by atoms with Crippen molar-refractivity contribution in [3.63, 3.8) is 0 Å². The molecule has 0 N–H and O–H groups in total. The molecule has 0 bridgehead atoms. The molecule has 0 saturated carbocycles. The van der Waals surface area contributed by atoms with Gasteiger partial charge < -0.3 is 33.2 Å². The van der Waals surface area contributed by atoms with E-state index in [2.05, 4.69) is 13.8 Å². The maximum absolute atomic E-state index is 13.1. The Hall–Kier alpha value is -3.29. The number of hydrogen-bond acceptors (Lipinski definition) is 8. The highest BCUT2D eigenvalue weighted by Gasteiger charge is 2.40. The van der Waals surface area contributed by atoms with E-state index in [-0.39, 0.29) is 30.5 Å². The number of esters is 1. The topological polar surface area (TPSA) is 81.7 Å². The summed E-state index contributed by atoms with van der Waals surface area (Å²) >= 11 is 0. The van der Waals surface area contributed by atoms with Gasteiger partial charge in [-0.2, -0.15) is 0 Å². The van der Waals surface area contributed by atoms with Gasteiger partial charge in [-0.15, -0.1) is 0 Å². The van der Waals surface area contributed by atoms with Crippen molar-refractivity contribution in [1.29, 1.82) is 0 Å². The Morgan fingerprint density at radius 3 is 2.28 bits per heavy atom. The Labute approximate surface area is 212 Å². The highest BCUT2D eigenvalue weighted by atomic mass is 16.7. The van der Waals surface area contributed by atoms with Crippen LogP contribution in [-0.2, 0) is 16.0 Å². The van der Waals surface area contributed by atoms with Crippen LogP contribution in [0.2, 0.25) is 0 Å². The Bertz CT molecular complexity index is 1140. The summed E-state index contributed by atoms with van der Waals surface area (Å²) in [5.74, 6) is 2.82. The molecule has 196 valence electrons. The Balaban J connectivity index is 2.10. The van der Waals surface area contributed by atoms with E-state index in [1.807, 2.05) is 26.0 Å². The van der Waals surface area contributed by atoms with Gasteiger partial charge in [0.1, 0.15) is 6.10 Å². The molecule has 2 aromatic rings. The minimum atomic E-state index is -0.536. The van der Waals surface area contributed by atoms with Crippen LogP contribution < -0.4 is 28.4 Å². The average molecular weight is 501 g/mol. The molecule has 0 unspecified atom stereocenters. The van der Waals surface area contributed by atoms with E-state index < -0.39 is 6.10 Å². The van der Waals surface area contributed by atoms with E-state index in [0.717, 1.165) is 22.3 Å². The molecule has 8 nitrogen and oxygen atoms in total. The third-order valence-corrected chi connectivity index (χ3v) is 7.50. The summed E-state index contributed by atoms with van der Waals surface area (Å²) in [6, 6.07) is 3.89. The van der Waals surface area contributed by atoms with Crippen LogP contribution in [0, 0.1) is 17.8 Å². The van der Waals surface area contributed by atoms with Crippen molar-refractivity contribution >= 4 is 5.97 Å². The zero-order valence-corrected chi connectivity index (χ0v) is 22.4.